The van der Waals surface area contributed by atoms with Crippen molar-refractivity contribution in [2.75, 3.05) is 13.7 Å². The topological polar surface area (TPSA) is 59.1 Å². The zero-order valence-corrected chi connectivity index (χ0v) is 40.2. The molecule has 0 saturated heterocycles. The van der Waals surface area contributed by atoms with Crippen molar-refractivity contribution in [3.63, 3.8) is 0 Å². The number of para-hydroxylation sites is 1. The average molecular weight is 973 g/mol. The van der Waals surface area contributed by atoms with Gasteiger partial charge in [0, 0.05) is 16.6 Å². The Kier molecular flexibility index (Phi) is 11.2. The summed E-state index contributed by atoms with van der Waals surface area (Å²) in [7, 11) is 1.67. The van der Waals surface area contributed by atoms with E-state index < -0.39 is 10.8 Å². The number of hydrogen-bond donors (Lipinski definition) is 0. The van der Waals surface area contributed by atoms with Crippen LogP contribution < -0.4 is 9.47 Å². The summed E-state index contributed by atoms with van der Waals surface area (Å²) in [5.74, 6) is 4.30. The third kappa shape index (κ3) is 7.99. The lowest BCUT2D eigenvalue weighted by molar-refractivity contribution is -0.196. The molecule has 8 saturated carbocycles. The third-order valence-electron chi connectivity index (χ3n) is 16.8. The molecule has 0 aliphatic heterocycles. The van der Waals surface area contributed by atoms with Crippen LogP contribution in [-0.2, 0) is 33.4 Å². The fourth-order valence-electron chi connectivity index (χ4n) is 15.0. The fraction of sp³-hybridized carbons (Fsp3) is 0.429. The molecule has 5 aromatic rings. The van der Waals surface area contributed by atoms with E-state index in [0.29, 0.717) is 43.2 Å². The molecule has 336 valence electrons. The van der Waals surface area contributed by atoms with Gasteiger partial charge in [0.1, 0.15) is 17.2 Å². The molecule has 13 rings (SSSR count). The van der Waals surface area contributed by atoms with E-state index in [4.69, 9.17) is 32.7 Å². The molecule has 0 spiro atoms. The molecule has 0 heterocycles. The number of benzene rings is 5. The largest absolute Gasteiger partial charge is 0.496 e. The van der Waals surface area contributed by atoms with Crippen molar-refractivity contribution < 1.29 is 19.1 Å². The van der Waals surface area contributed by atoms with Crippen LogP contribution in [0.3, 0.4) is 0 Å². The zero-order chi connectivity index (χ0) is 44.6. The van der Waals surface area contributed by atoms with Gasteiger partial charge in [-0.15, -0.1) is 0 Å². The second-order valence-corrected chi connectivity index (χ2v) is 22.9. The standard InChI is InChI=1S/C56H57BrCl2N2O4/c1-64-50-20-9-37(25-49(50)57)21-22-60(51(62)55-30-39-23-40(31-55)27-53(26-39,35-55)43-10-14-45(58)15-11-43)61(34-38-7-18-48(19-8-38)65-47-5-3-2-4-6-47)52(63)56-32-41-24-42(33-56)29-54(28-41,36-56)44-12-16-46(59)17-13-44/h2-20,25,39-42H,21-24,26-36H2,1H3. The van der Waals surface area contributed by atoms with E-state index in [1.54, 1.807) is 7.11 Å². The molecule has 5 aromatic carbocycles. The highest BCUT2D eigenvalue weighted by Gasteiger charge is 2.65. The Balaban J connectivity index is 1.00. The Bertz CT molecular complexity index is 2560. The maximum absolute atomic E-state index is 16.4. The van der Waals surface area contributed by atoms with Crippen LogP contribution in [0, 0.1) is 34.5 Å². The monoisotopic (exact) mass is 970 g/mol. The first-order chi connectivity index (χ1) is 31.4. The number of hydrogen-bond acceptors (Lipinski definition) is 4. The number of halogens is 3. The first-order valence-electron chi connectivity index (χ1n) is 23.7. The van der Waals surface area contributed by atoms with Crippen LogP contribution in [0.4, 0.5) is 0 Å². The maximum atomic E-state index is 16.4. The molecule has 2 amide bonds. The molecular formula is C56H57BrCl2N2O4. The van der Waals surface area contributed by atoms with Crippen LogP contribution in [0.25, 0.3) is 0 Å². The molecule has 8 aliphatic rings. The number of carbonyl (C=O) groups excluding carboxylic acids is 2. The molecule has 65 heavy (non-hydrogen) atoms. The molecule has 8 aliphatic carbocycles. The Hall–Kier alpha value is -4.30. The molecule has 9 heteroatoms. The van der Waals surface area contributed by atoms with E-state index in [2.05, 4.69) is 64.5 Å². The van der Waals surface area contributed by atoms with Gasteiger partial charge in [0.2, 0.25) is 11.8 Å². The predicted molar refractivity (Wildman–Crippen MR) is 260 cm³/mol. The van der Waals surface area contributed by atoms with Crippen molar-refractivity contribution in [1.29, 1.82) is 0 Å². The number of amides is 2. The second kappa shape index (κ2) is 16.8. The fourth-order valence-corrected chi connectivity index (χ4v) is 15.9. The molecule has 4 unspecified atom stereocenters. The Morgan fingerprint density at radius 1 is 0.600 bits per heavy atom. The zero-order valence-electron chi connectivity index (χ0n) is 37.1. The van der Waals surface area contributed by atoms with Gasteiger partial charge in [-0.05, 0) is 217 Å². The summed E-state index contributed by atoms with van der Waals surface area (Å²) < 4.78 is 12.7. The number of carbonyl (C=O) groups is 2. The van der Waals surface area contributed by atoms with Crippen LogP contribution in [0.15, 0.2) is 126 Å². The van der Waals surface area contributed by atoms with Gasteiger partial charge in [0.25, 0.3) is 0 Å². The molecule has 0 N–H and O–H groups in total. The summed E-state index contributed by atoms with van der Waals surface area (Å²) in [4.78, 5) is 32.8. The number of hydrazine groups is 1. The van der Waals surface area contributed by atoms with E-state index in [1.165, 1.54) is 24.0 Å². The highest BCUT2D eigenvalue weighted by atomic mass is 79.9. The smallest absolute Gasteiger partial charge is 0.247 e. The SMILES string of the molecule is COc1ccc(CCN(C(=O)C23CC4CC(C2)CC(c2ccc(Cl)cc2)(C4)C3)N(Cc2ccc(Oc3ccccc3)cc2)C(=O)C23CC4CC(C2)CC(c2ccc(Cl)cc2)(C4)C3)cc1Br. The minimum atomic E-state index is -0.590. The van der Waals surface area contributed by atoms with E-state index in [0.717, 1.165) is 107 Å². The Morgan fingerprint density at radius 2 is 1.08 bits per heavy atom. The van der Waals surface area contributed by atoms with Gasteiger partial charge in [-0.2, -0.15) is 0 Å². The first-order valence-corrected chi connectivity index (χ1v) is 25.3. The van der Waals surface area contributed by atoms with Gasteiger partial charge in [0.05, 0.1) is 29.0 Å². The van der Waals surface area contributed by atoms with E-state index in [-0.39, 0.29) is 22.6 Å². The quantitative estimate of drug-likeness (QED) is 0.117. The van der Waals surface area contributed by atoms with Crippen LogP contribution in [0.1, 0.15) is 99.3 Å². The number of rotatable bonds is 12. The van der Waals surface area contributed by atoms with Crippen molar-refractivity contribution in [3.05, 3.63) is 158 Å². The molecule has 8 fully saturated rings. The lowest BCUT2D eigenvalue weighted by Crippen LogP contribution is -2.65. The van der Waals surface area contributed by atoms with Crippen LogP contribution >= 0.6 is 39.1 Å². The van der Waals surface area contributed by atoms with Gasteiger partial charge < -0.3 is 9.47 Å². The van der Waals surface area contributed by atoms with Crippen molar-refractivity contribution in [2.45, 2.75) is 101 Å². The van der Waals surface area contributed by atoms with Crippen molar-refractivity contribution in [3.8, 4) is 17.2 Å². The summed E-state index contributed by atoms with van der Waals surface area (Å²) in [5, 5.41) is 5.41. The highest BCUT2D eigenvalue weighted by Crippen LogP contribution is 2.68. The van der Waals surface area contributed by atoms with Gasteiger partial charge in [-0.3, -0.25) is 14.6 Å². The number of methoxy groups -OCH3 is 1. The normalized spacial score (nSPS) is 30.3. The second-order valence-electron chi connectivity index (χ2n) is 21.1. The summed E-state index contributed by atoms with van der Waals surface area (Å²) >= 11 is 16.7. The van der Waals surface area contributed by atoms with Gasteiger partial charge in [0.15, 0.2) is 0 Å². The summed E-state index contributed by atoms with van der Waals surface area (Å²) in [6.07, 6.45) is 12.3. The number of nitrogens with zero attached hydrogens (tertiary/aromatic N) is 2. The van der Waals surface area contributed by atoms with Gasteiger partial charge in [-0.25, -0.2) is 5.01 Å². The molecule has 0 radical (unpaired) electrons. The van der Waals surface area contributed by atoms with E-state index in [9.17, 15) is 0 Å². The summed E-state index contributed by atoms with van der Waals surface area (Å²) in [6.45, 7) is 0.674. The minimum Gasteiger partial charge on any atom is -0.496 e. The van der Waals surface area contributed by atoms with Crippen molar-refractivity contribution in [1.82, 2.24) is 10.0 Å². The van der Waals surface area contributed by atoms with Gasteiger partial charge >= 0.3 is 0 Å². The molecule has 8 bridgehead atoms. The Labute approximate surface area is 402 Å². The van der Waals surface area contributed by atoms with Gasteiger partial charge in [-0.1, -0.05) is 83.9 Å². The van der Waals surface area contributed by atoms with E-state index >= 15 is 9.59 Å². The summed E-state index contributed by atoms with van der Waals surface area (Å²) in [6, 6.07) is 40.9. The van der Waals surface area contributed by atoms with Crippen molar-refractivity contribution in [2.24, 2.45) is 34.5 Å². The summed E-state index contributed by atoms with van der Waals surface area (Å²) in [5.41, 5.74) is 3.28. The van der Waals surface area contributed by atoms with Crippen LogP contribution in [0.2, 0.25) is 10.0 Å². The molecule has 6 nitrogen and oxygen atoms in total. The lowest BCUT2D eigenvalue weighted by Gasteiger charge is -2.63. The average Bonchev–Trinajstić information content (AvgIpc) is 3.29. The molecular weight excluding hydrogens is 915 g/mol. The lowest BCUT2D eigenvalue weighted by atomic mass is 9.42. The van der Waals surface area contributed by atoms with Crippen LogP contribution in [0.5, 0.6) is 17.2 Å². The highest BCUT2D eigenvalue weighted by molar-refractivity contribution is 9.10. The molecule has 4 atom stereocenters. The maximum Gasteiger partial charge on any atom is 0.247 e. The number of ether oxygens (including phenoxy) is 2. The Morgan fingerprint density at radius 3 is 1.57 bits per heavy atom. The predicted octanol–water partition coefficient (Wildman–Crippen LogP) is 13.9. The molecule has 0 aromatic heterocycles. The van der Waals surface area contributed by atoms with E-state index in [1.807, 2.05) is 82.8 Å². The first kappa shape index (κ1) is 43.3. The minimum absolute atomic E-state index is 0.0921. The third-order valence-corrected chi connectivity index (χ3v) is 17.9. The van der Waals surface area contributed by atoms with Crippen molar-refractivity contribution >= 4 is 50.9 Å². The van der Waals surface area contributed by atoms with Crippen LogP contribution in [-0.4, -0.2) is 35.5 Å².